The first-order chi connectivity index (χ1) is 14.6. The van der Waals surface area contributed by atoms with Crippen LogP contribution in [0.4, 0.5) is 0 Å². The number of amides is 1. The van der Waals surface area contributed by atoms with E-state index in [0.717, 1.165) is 56.5 Å². The van der Waals surface area contributed by atoms with Crippen molar-refractivity contribution in [3.63, 3.8) is 0 Å². The standard InChI is InChI=1S/C25H30N2O3/c1-17-14-22(18-8-4-9-18)30-25(29)23(17)24(28)27-11-5-10-26(12-13-27)21-15-19-6-2-3-7-20(19)16-21/h2-3,6-7,14,18,21H,4-5,8-13,15-16H2,1H3. The minimum absolute atomic E-state index is 0.169. The smallest absolute Gasteiger partial charge is 0.349 e. The molecule has 2 fully saturated rings. The molecule has 0 unspecified atom stereocenters. The van der Waals surface area contributed by atoms with Gasteiger partial charge in [-0.15, -0.1) is 0 Å². The molecule has 30 heavy (non-hydrogen) atoms. The molecule has 2 aliphatic carbocycles. The quantitative estimate of drug-likeness (QED) is 0.783. The van der Waals surface area contributed by atoms with E-state index in [9.17, 15) is 9.59 Å². The molecule has 0 bridgehead atoms. The van der Waals surface area contributed by atoms with Crippen molar-refractivity contribution < 1.29 is 9.21 Å². The Labute approximate surface area is 177 Å². The van der Waals surface area contributed by atoms with Gasteiger partial charge in [0.15, 0.2) is 0 Å². The molecule has 1 amide bonds. The highest BCUT2D eigenvalue weighted by molar-refractivity contribution is 5.95. The first-order valence-corrected chi connectivity index (χ1v) is 11.3. The molecule has 1 saturated carbocycles. The van der Waals surface area contributed by atoms with Crippen molar-refractivity contribution in [2.24, 2.45) is 0 Å². The van der Waals surface area contributed by atoms with Crippen LogP contribution in [0.5, 0.6) is 0 Å². The molecule has 0 atom stereocenters. The van der Waals surface area contributed by atoms with Crippen molar-refractivity contribution >= 4 is 5.91 Å². The van der Waals surface area contributed by atoms with Crippen molar-refractivity contribution in [1.82, 2.24) is 9.80 Å². The molecule has 158 valence electrons. The molecule has 0 N–H and O–H groups in total. The topological polar surface area (TPSA) is 53.8 Å². The van der Waals surface area contributed by atoms with Crippen LogP contribution >= 0.6 is 0 Å². The van der Waals surface area contributed by atoms with Gasteiger partial charge in [-0.25, -0.2) is 4.79 Å². The monoisotopic (exact) mass is 406 g/mol. The molecule has 1 aromatic carbocycles. The van der Waals surface area contributed by atoms with Crippen molar-refractivity contribution in [2.75, 3.05) is 26.2 Å². The van der Waals surface area contributed by atoms with E-state index in [0.29, 0.717) is 25.0 Å². The summed E-state index contributed by atoms with van der Waals surface area (Å²) in [6.45, 7) is 5.07. The van der Waals surface area contributed by atoms with Crippen LogP contribution in [0.2, 0.25) is 0 Å². The van der Waals surface area contributed by atoms with E-state index in [2.05, 4.69) is 29.2 Å². The lowest BCUT2D eigenvalue weighted by Gasteiger charge is -2.27. The second-order valence-electron chi connectivity index (χ2n) is 9.13. The van der Waals surface area contributed by atoms with Crippen LogP contribution in [0.1, 0.15) is 64.4 Å². The van der Waals surface area contributed by atoms with E-state index in [4.69, 9.17) is 4.42 Å². The van der Waals surface area contributed by atoms with Crippen LogP contribution in [-0.4, -0.2) is 47.9 Å². The zero-order chi connectivity index (χ0) is 20.7. The van der Waals surface area contributed by atoms with E-state index in [1.54, 1.807) is 0 Å². The second kappa shape index (κ2) is 8.03. The van der Waals surface area contributed by atoms with Crippen molar-refractivity contribution in [3.8, 4) is 0 Å². The number of rotatable bonds is 3. The number of hydrogen-bond acceptors (Lipinski definition) is 4. The van der Waals surface area contributed by atoms with Gasteiger partial charge in [-0.05, 0) is 61.8 Å². The lowest BCUT2D eigenvalue weighted by Crippen LogP contribution is -2.41. The zero-order valence-electron chi connectivity index (χ0n) is 17.7. The van der Waals surface area contributed by atoms with Gasteiger partial charge in [0.25, 0.3) is 5.91 Å². The lowest BCUT2D eigenvalue weighted by molar-refractivity contribution is 0.0752. The van der Waals surface area contributed by atoms with E-state index >= 15 is 0 Å². The largest absolute Gasteiger partial charge is 0.427 e. The number of fused-ring (bicyclic) bond motifs is 1. The molecule has 0 radical (unpaired) electrons. The summed E-state index contributed by atoms with van der Waals surface area (Å²) in [6, 6.07) is 11.1. The number of benzene rings is 1. The maximum absolute atomic E-state index is 13.2. The molecular formula is C25H30N2O3. The molecule has 1 saturated heterocycles. The van der Waals surface area contributed by atoms with Crippen LogP contribution in [0, 0.1) is 6.92 Å². The summed E-state index contributed by atoms with van der Waals surface area (Å²) in [5.41, 5.74) is 3.43. The highest BCUT2D eigenvalue weighted by atomic mass is 16.4. The van der Waals surface area contributed by atoms with Crippen LogP contribution in [0.15, 0.2) is 39.5 Å². The highest BCUT2D eigenvalue weighted by Gasteiger charge is 2.31. The van der Waals surface area contributed by atoms with Gasteiger partial charge < -0.3 is 9.32 Å². The maximum Gasteiger partial charge on any atom is 0.349 e. The molecule has 5 nitrogen and oxygen atoms in total. The maximum atomic E-state index is 13.2. The first-order valence-electron chi connectivity index (χ1n) is 11.3. The van der Waals surface area contributed by atoms with Gasteiger partial charge in [-0.1, -0.05) is 30.7 Å². The van der Waals surface area contributed by atoms with Crippen LogP contribution in [0.25, 0.3) is 0 Å². The number of nitrogens with zero attached hydrogens (tertiary/aromatic N) is 2. The Morgan fingerprint density at radius 2 is 1.73 bits per heavy atom. The number of hydrogen-bond donors (Lipinski definition) is 0. The van der Waals surface area contributed by atoms with Crippen molar-refractivity contribution in [1.29, 1.82) is 0 Å². The van der Waals surface area contributed by atoms with Gasteiger partial charge in [-0.3, -0.25) is 9.69 Å². The van der Waals surface area contributed by atoms with E-state index in [1.165, 1.54) is 17.5 Å². The van der Waals surface area contributed by atoms with E-state index < -0.39 is 5.63 Å². The predicted octanol–water partition coefficient (Wildman–Crippen LogP) is 3.53. The molecule has 2 heterocycles. The Morgan fingerprint density at radius 1 is 1.00 bits per heavy atom. The Morgan fingerprint density at radius 3 is 2.37 bits per heavy atom. The summed E-state index contributed by atoms with van der Waals surface area (Å²) in [5, 5.41) is 0. The van der Waals surface area contributed by atoms with Gasteiger partial charge in [0.05, 0.1) is 0 Å². The Kier molecular flexibility index (Phi) is 5.23. The number of aryl methyl sites for hydroxylation is 1. The van der Waals surface area contributed by atoms with E-state index in [1.807, 2.05) is 17.9 Å². The fourth-order valence-corrected chi connectivity index (χ4v) is 5.24. The predicted molar refractivity (Wildman–Crippen MR) is 116 cm³/mol. The molecule has 3 aliphatic rings. The minimum Gasteiger partial charge on any atom is -0.427 e. The summed E-state index contributed by atoms with van der Waals surface area (Å²) in [5.74, 6) is 0.934. The summed E-state index contributed by atoms with van der Waals surface area (Å²) in [4.78, 5) is 30.2. The molecule has 1 aliphatic heterocycles. The molecule has 5 rings (SSSR count). The molecule has 0 spiro atoms. The average Bonchev–Trinajstić information content (AvgIpc) is 2.95. The Balaban J connectivity index is 1.27. The SMILES string of the molecule is Cc1cc(C2CCC2)oc(=O)c1C(=O)N1CCCN(C2Cc3ccccc3C2)CC1. The number of carbonyl (C=O) groups excluding carboxylic acids is 1. The lowest BCUT2D eigenvalue weighted by atomic mass is 9.83. The first kappa shape index (κ1) is 19.6. The summed E-state index contributed by atoms with van der Waals surface area (Å²) in [6.07, 6.45) is 6.45. The van der Waals surface area contributed by atoms with Crippen molar-refractivity contribution in [3.05, 3.63) is 68.8 Å². The van der Waals surface area contributed by atoms with Gasteiger partial charge in [-0.2, -0.15) is 0 Å². The van der Waals surface area contributed by atoms with Gasteiger partial charge in [0.2, 0.25) is 0 Å². The molecule has 1 aromatic heterocycles. The average molecular weight is 407 g/mol. The third kappa shape index (κ3) is 3.60. The molecule has 5 heteroatoms. The second-order valence-corrected chi connectivity index (χ2v) is 9.13. The van der Waals surface area contributed by atoms with Gasteiger partial charge in [0.1, 0.15) is 11.3 Å². The summed E-state index contributed by atoms with van der Waals surface area (Å²) >= 11 is 0. The minimum atomic E-state index is -0.464. The summed E-state index contributed by atoms with van der Waals surface area (Å²) < 4.78 is 5.56. The van der Waals surface area contributed by atoms with Crippen LogP contribution in [-0.2, 0) is 12.8 Å². The van der Waals surface area contributed by atoms with Gasteiger partial charge in [0, 0.05) is 38.1 Å². The molecular weight excluding hydrogens is 376 g/mol. The Hall–Kier alpha value is -2.40. The normalized spacial score (nSPS) is 20.6. The number of carbonyl (C=O) groups is 1. The molecule has 2 aromatic rings. The highest BCUT2D eigenvalue weighted by Crippen LogP contribution is 2.36. The summed E-state index contributed by atoms with van der Waals surface area (Å²) in [7, 11) is 0. The van der Waals surface area contributed by atoms with Gasteiger partial charge >= 0.3 is 5.63 Å². The van der Waals surface area contributed by atoms with Crippen LogP contribution in [0.3, 0.4) is 0 Å². The third-order valence-corrected chi connectivity index (χ3v) is 7.25. The van der Waals surface area contributed by atoms with Crippen molar-refractivity contribution in [2.45, 2.75) is 57.4 Å². The fourth-order valence-electron chi connectivity index (χ4n) is 5.24. The third-order valence-electron chi connectivity index (χ3n) is 7.25. The zero-order valence-corrected chi connectivity index (χ0v) is 17.7. The van der Waals surface area contributed by atoms with E-state index in [-0.39, 0.29) is 11.5 Å². The fraction of sp³-hybridized carbons (Fsp3) is 0.520. The van der Waals surface area contributed by atoms with Crippen LogP contribution < -0.4 is 5.63 Å². The Bertz CT molecular complexity index is 983.